The average Bonchev–Trinajstić information content (AvgIpc) is 3.57. The summed E-state index contributed by atoms with van der Waals surface area (Å²) in [5, 5.41) is 15.9. The van der Waals surface area contributed by atoms with Crippen molar-refractivity contribution in [3.63, 3.8) is 0 Å². The number of fused-ring (bicyclic) bond motifs is 4. The third-order valence-electron chi connectivity index (χ3n) is 8.03. The number of benzene rings is 3. The van der Waals surface area contributed by atoms with E-state index < -0.39 is 17.5 Å². The highest BCUT2D eigenvalue weighted by Gasteiger charge is 2.73. The van der Waals surface area contributed by atoms with E-state index in [9.17, 15) is 19.3 Å². The Kier molecular flexibility index (Phi) is 6.00. The number of amides is 1. The second-order valence-electron chi connectivity index (χ2n) is 9.87. The molecule has 3 aromatic carbocycles. The van der Waals surface area contributed by atoms with Crippen molar-refractivity contribution in [3.8, 4) is 11.5 Å². The fourth-order valence-electron chi connectivity index (χ4n) is 6.58. The lowest BCUT2D eigenvalue weighted by Crippen LogP contribution is -2.55. The summed E-state index contributed by atoms with van der Waals surface area (Å²) in [4.78, 5) is 28.1. The molecule has 3 aromatic rings. The molecule has 3 aliphatic rings. The highest BCUT2D eigenvalue weighted by atomic mass is 35.5. The number of carbonyl (C=O) groups is 1. The van der Waals surface area contributed by atoms with Gasteiger partial charge in [-0.05, 0) is 54.3 Å². The number of anilines is 1. The van der Waals surface area contributed by atoms with Crippen LogP contribution in [0, 0.1) is 15.9 Å². The van der Waals surface area contributed by atoms with Gasteiger partial charge in [-0.2, -0.15) is 0 Å². The molecule has 2 fully saturated rings. The van der Waals surface area contributed by atoms with Crippen molar-refractivity contribution in [3.05, 3.63) is 98.3 Å². The molecule has 0 aromatic heterocycles. The van der Waals surface area contributed by atoms with Crippen LogP contribution in [0.5, 0.6) is 11.5 Å². The van der Waals surface area contributed by atoms with Crippen LogP contribution in [0.4, 0.5) is 10.1 Å². The number of rotatable bonds is 6. The number of para-hydroxylation sites is 1. The van der Waals surface area contributed by atoms with Gasteiger partial charge in [-0.1, -0.05) is 41.9 Å². The van der Waals surface area contributed by atoms with E-state index in [2.05, 4.69) is 5.32 Å². The lowest BCUT2D eigenvalue weighted by atomic mass is 9.77. The largest absolute Gasteiger partial charge is 0.493 e. The van der Waals surface area contributed by atoms with E-state index in [1.54, 1.807) is 36.4 Å². The fourth-order valence-corrected chi connectivity index (χ4v) is 6.86. The molecular weight excluding hydrogens is 513 g/mol. The number of hydrogen-bond acceptors (Lipinski definition) is 6. The Bertz CT molecular complexity index is 1430. The summed E-state index contributed by atoms with van der Waals surface area (Å²) in [6.07, 6.45) is 1.54. The first kappa shape index (κ1) is 24.6. The molecule has 196 valence electrons. The Labute approximate surface area is 223 Å². The van der Waals surface area contributed by atoms with E-state index in [1.165, 1.54) is 19.2 Å². The molecule has 6 rings (SSSR count). The molecule has 0 saturated carbocycles. The van der Waals surface area contributed by atoms with Crippen molar-refractivity contribution in [2.45, 2.75) is 43.0 Å². The molecule has 2 saturated heterocycles. The van der Waals surface area contributed by atoms with Gasteiger partial charge in [0.05, 0.1) is 18.1 Å². The van der Waals surface area contributed by atoms with E-state index in [-0.39, 0.29) is 34.3 Å². The summed E-state index contributed by atoms with van der Waals surface area (Å²) in [7, 11) is 1.48. The zero-order valence-corrected chi connectivity index (χ0v) is 21.3. The van der Waals surface area contributed by atoms with Crippen LogP contribution < -0.4 is 14.8 Å². The molecular formula is C28H25ClFN3O5. The summed E-state index contributed by atoms with van der Waals surface area (Å²) < 4.78 is 24.8. The molecule has 0 unspecified atom stereocenters. The van der Waals surface area contributed by atoms with E-state index >= 15 is 0 Å². The van der Waals surface area contributed by atoms with E-state index in [0.717, 1.165) is 18.4 Å². The minimum absolute atomic E-state index is 0.132. The van der Waals surface area contributed by atoms with Gasteiger partial charge >= 0.3 is 0 Å². The first-order valence-corrected chi connectivity index (χ1v) is 12.8. The first-order chi connectivity index (χ1) is 18.4. The SMILES string of the molecule is COc1cc([C@H]2[C@H]([N+](=O)[O-])[C@@]3(C(=O)Nc4ccccc43)N3CCC[C@@H]23)cc(Cl)c1OCc1ccc(F)cc1. The quantitative estimate of drug-likeness (QED) is 0.346. The molecule has 1 amide bonds. The Balaban J connectivity index is 1.42. The van der Waals surface area contributed by atoms with Crippen molar-refractivity contribution in [1.29, 1.82) is 0 Å². The van der Waals surface area contributed by atoms with E-state index in [0.29, 0.717) is 34.9 Å². The summed E-state index contributed by atoms with van der Waals surface area (Å²) in [5.41, 5.74) is 1.19. The number of carbonyl (C=O) groups excluding carboxylic acids is 1. The van der Waals surface area contributed by atoms with Crippen molar-refractivity contribution < 1.29 is 23.6 Å². The maximum Gasteiger partial charge on any atom is 0.256 e. The van der Waals surface area contributed by atoms with Gasteiger partial charge in [0, 0.05) is 28.8 Å². The maximum absolute atomic E-state index is 13.6. The van der Waals surface area contributed by atoms with Crippen LogP contribution in [-0.2, 0) is 16.9 Å². The molecule has 0 bridgehead atoms. The van der Waals surface area contributed by atoms with Gasteiger partial charge in [-0.15, -0.1) is 0 Å². The Morgan fingerprint density at radius 3 is 2.71 bits per heavy atom. The second-order valence-corrected chi connectivity index (χ2v) is 10.3. The van der Waals surface area contributed by atoms with E-state index in [4.69, 9.17) is 21.1 Å². The molecule has 3 heterocycles. The van der Waals surface area contributed by atoms with Crippen molar-refractivity contribution in [2.75, 3.05) is 19.0 Å². The number of methoxy groups -OCH3 is 1. The van der Waals surface area contributed by atoms with Crippen LogP contribution in [0.15, 0.2) is 60.7 Å². The molecule has 3 aliphatic heterocycles. The average molecular weight is 538 g/mol. The normalized spacial score (nSPS) is 25.8. The van der Waals surface area contributed by atoms with Crippen LogP contribution in [-0.4, -0.2) is 41.5 Å². The predicted molar refractivity (Wildman–Crippen MR) is 139 cm³/mol. The zero-order valence-electron chi connectivity index (χ0n) is 20.5. The molecule has 0 aliphatic carbocycles. The molecule has 38 heavy (non-hydrogen) atoms. The summed E-state index contributed by atoms with van der Waals surface area (Å²) in [6.45, 7) is 0.712. The van der Waals surface area contributed by atoms with Crippen molar-refractivity contribution >= 4 is 23.2 Å². The van der Waals surface area contributed by atoms with Gasteiger partial charge < -0.3 is 14.8 Å². The number of nitrogens with zero attached hydrogens (tertiary/aromatic N) is 2. The van der Waals surface area contributed by atoms with Gasteiger partial charge in [0.25, 0.3) is 11.9 Å². The molecule has 8 nitrogen and oxygen atoms in total. The lowest BCUT2D eigenvalue weighted by Gasteiger charge is -2.32. The number of hydrogen-bond donors (Lipinski definition) is 1. The van der Waals surface area contributed by atoms with Gasteiger partial charge in [-0.3, -0.25) is 19.8 Å². The standard InChI is InChI=1S/C28H25ClFN3O5/c1-37-23-14-17(13-20(29)25(23)38-15-16-8-10-18(30)11-9-16)24-22-7-4-12-32(22)28(26(24)33(35)36)19-5-2-3-6-21(19)31-27(28)34/h2-3,5-6,8-11,13-14,22,24,26H,4,7,12,15H2,1H3,(H,31,34)/t22-,24+,26-,28-/m0/s1. The topological polar surface area (TPSA) is 93.9 Å². The monoisotopic (exact) mass is 537 g/mol. The fraction of sp³-hybridized carbons (Fsp3) is 0.321. The highest BCUT2D eigenvalue weighted by Crippen LogP contribution is 2.58. The van der Waals surface area contributed by atoms with Crippen LogP contribution in [0.3, 0.4) is 0 Å². The van der Waals surface area contributed by atoms with Crippen molar-refractivity contribution in [2.24, 2.45) is 0 Å². The zero-order chi connectivity index (χ0) is 26.6. The number of halogens is 2. The number of nitrogens with one attached hydrogen (secondary N) is 1. The second kappa shape index (κ2) is 9.25. The van der Waals surface area contributed by atoms with Crippen molar-refractivity contribution in [1.82, 2.24) is 4.90 Å². The third-order valence-corrected chi connectivity index (χ3v) is 8.31. The third kappa shape index (κ3) is 3.56. The maximum atomic E-state index is 13.6. The Hall–Kier alpha value is -3.69. The van der Waals surface area contributed by atoms with Gasteiger partial charge in [0.15, 0.2) is 17.0 Å². The Morgan fingerprint density at radius 1 is 1.21 bits per heavy atom. The van der Waals surface area contributed by atoms with Crippen LogP contribution in [0.25, 0.3) is 0 Å². The number of ether oxygens (including phenoxy) is 2. The summed E-state index contributed by atoms with van der Waals surface area (Å²) in [6, 6.07) is 15.1. The lowest BCUT2D eigenvalue weighted by molar-refractivity contribution is -0.534. The minimum atomic E-state index is -1.41. The molecule has 0 radical (unpaired) electrons. The van der Waals surface area contributed by atoms with Gasteiger partial charge in [-0.25, -0.2) is 4.39 Å². The van der Waals surface area contributed by atoms with Crippen LogP contribution >= 0.6 is 11.6 Å². The summed E-state index contributed by atoms with van der Waals surface area (Å²) in [5.74, 6) is -0.699. The van der Waals surface area contributed by atoms with Gasteiger partial charge in [0.1, 0.15) is 12.4 Å². The minimum Gasteiger partial charge on any atom is -0.493 e. The van der Waals surface area contributed by atoms with Gasteiger partial charge in [0.2, 0.25) is 0 Å². The van der Waals surface area contributed by atoms with Crippen LogP contribution in [0.2, 0.25) is 5.02 Å². The van der Waals surface area contributed by atoms with Crippen LogP contribution in [0.1, 0.15) is 35.4 Å². The molecule has 4 atom stereocenters. The highest BCUT2D eigenvalue weighted by molar-refractivity contribution is 6.32. The molecule has 1 spiro atoms. The first-order valence-electron chi connectivity index (χ1n) is 12.4. The number of nitro groups is 1. The smallest absolute Gasteiger partial charge is 0.256 e. The van der Waals surface area contributed by atoms with E-state index in [1.807, 2.05) is 17.0 Å². The summed E-state index contributed by atoms with van der Waals surface area (Å²) >= 11 is 6.69. The Morgan fingerprint density at radius 2 is 1.97 bits per heavy atom. The molecule has 1 N–H and O–H groups in total. The predicted octanol–water partition coefficient (Wildman–Crippen LogP) is 5.12. The molecule has 10 heteroatoms.